The molecule has 0 unspecified atom stereocenters. The molecule has 0 spiro atoms. The molecule has 372 valence electrons. The first kappa shape index (κ1) is 50.9. The molecule has 4 aromatic heterocycles. The number of hydrogen-bond donors (Lipinski definition) is 3. The Morgan fingerprint density at radius 2 is 1.63 bits per heavy atom. The molecule has 16 nitrogen and oxygen atoms in total. The zero-order valence-electron chi connectivity index (χ0n) is 41.3. The van der Waals surface area contributed by atoms with Crippen LogP contribution < -0.4 is 25.4 Å². The SMILES string of the molecule is Cc1ncsc1-c1ccc([C@H](C)NC(=O)[C@@H]2C[C@@H](C)CN2C(=O)[C@@H](NC(=O)COc2ccc(OCCNC(=O)C[C@@H]3N=C(c4ccc(Cl)cc4)c4c(sc(C)c4C)-n4c(C)nnc43)nc2)C(C)(C)C)cc1. The monoisotopic (exact) mass is 1020 g/mol. The lowest BCUT2D eigenvalue weighted by Crippen LogP contribution is -2.58. The van der Waals surface area contributed by atoms with Crippen molar-refractivity contribution in [2.24, 2.45) is 16.3 Å². The molecule has 2 aliphatic heterocycles. The second kappa shape index (κ2) is 21.5. The average molecular weight is 1020 g/mol. The van der Waals surface area contributed by atoms with E-state index in [1.807, 2.05) is 107 Å². The van der Waals surface area contributed by atoms with Crippen LogP contribution in [0.4, 0.5) is 0 Å². The largest absolute Gasteiger partial charge is 0.482 e. The first-order chi connectivity index (χ1) is 33.9. The van der Waals surface area contributed by atoms with E-state index in [9.17, 15) is 19.2 Å². The van der Waals surface area contributed by atoms with Gasteiger partial charge in [0.05, 0.1) is 47.0 Å². The summed E-state index contributed by atoms with van der Waals surface area (Å²) in [6, 6.07) is 16.3. The number of carbonyl (C=O) groups excluding carboxylic acids is 4. The van der Waals surface area contributed by atoms with E-state index in [0.717, 1.165) is 54.0 Å². The van der Waals surface area contributed by atoms with Crippen LogP contribution in [0.25, 0.3) is 15.4 Å². The minimum Gasteiger partial charge on any atom is -0.482 e. The third-order valence-electron chi connectivity index (χ3n) is 12.8. The first-order valence-corrected chi connectivity index (χ1v) is 25.7. The Kier molecular flexibility index (Phi) is 15.4. The lowest BCUT2D eigenvalue weighted by atomic mass is 9.85. The van der Waals surface area contributed by atoms with Crippen LogP contribution in [0.3, 0.4) is 0 Å². The van der Waals surface area contributed by atoms with Gasteiger partial charge in [0.15, 0.2) is 12.4 Å². The summed E-state index contributed by atoms with van der Waals surface area (Å²) >= 11 is 9.48. The van der Waals surface area contributed by atoms with Gasteiger partial charge < -0.3 is 30.3 Å². The molecule has 19 heteroatoms. The number of aromatic nitrogens is 5. The van der Waals surface area contributed by atoms with Crippen LogP contribution >= 0.6 is 34.3 Å². The van der Waals surface area contributed by atoms with Crippen LogP contribution in [0.2, 0.25) is 5.02 Å². The van der Waals surface area contributed by atoms with Crippen LogP contribution in [0, 0.1) is 39.0 Å². The zero-order chi connectivity index (χ0) is 50.7. The second-order valence-electron chi connectivity index (χ2n) is 19.3. The molecule has 1 fully saturated rings. The fourth-order valence-corrected chi connectivity index (χ4v) is 11.0. The van der Waals surface area contributed by atoms with E-state index in [1.165, 1.54) is 6.20 Å². The van der Waals surface area contributed by atoms with Crippen molar-refractivity contribution < 1.29 is 28.7 Å². The fraction of sp³-hybridized carbons (Fsp3) is 0.404. The second-order valence-corrected chi connectivity index (χ2v) is 21.8. The summed E-state index contributed by atoms with van der Waals surface area (Å²) < 4.78 is 13.6. The van der Waals surface area contributed by atoms with Crippen LogP contribution in [0.1, 0.15) is 104 Å². The Morgan fingerprint density at radius 3 is 2.31 bits per heavy atom. The molecule has 0 bridgehead atoms. The third kappa shape index (κ3) is 11.5. The van der Waals surface area contributed by atoms with Crippen molar-refractivity contribution >= 4 is 63.6 Å². The van der Waals surface area contributed by atoms with Crippen LogP contribution in [0.5, 0.6) is 11.6 Å². The molecule has 0 radical (unpaired) electrons. The van der Waals surface area contributed by atoms with Crippen molar-refractivity contribution in [3.8, 4) is 27.1 Å². The van der Waals surface area contributed by atoms with Crippen molar-refractivity contribution in [2.45, 2.75) is 99.3 Å². The Morgan fingerprint density at radius 1 is 0.901 bits per heavy atom. The van der Waals surface area contributed by atoms with E-state index in [1.54, 1.807) is 39.7 Å². The number of carbonyl (C=O) groups is 4. The summed E-state index contributed by atoms with van der Waals surface area (Å²) in [6.07, 6.45) is 1.97. The van der Waals surface area contributed by atoms with E-state index in [0.29, 0.717) is 41.3 Å². The maximum absolute atomic E-state index is 14.3. The predicted molar refractivity (Wildman–Crippen MR) is 276 cm³/mol. The van der Waals surface area contributed by atoms with E-state index in [-0.39, 0.29) is 55.9 Å². The summed E-state index contributed by atoms with van der Waals surface area (Å²) in [5, 5.41) is 19.4. The zero-order valence-corrected chi connectivity index (χ0v) is 43.7. The quantitative estimate of drug-likeness (QED) is 0.0795. The molecule has 0 saturated carbocycles. The molecule has 0 aliphatic carbocycles. The summed E-state index contributed by atoms with van der Waals surface area (Å²) in [6.45, 7) is 18.0. The lowest BCUT2D eigenvalue weighted by Gasteiger charge is -2.35. The van der Waals surface area contributed by atoms with Gasteiger partial charge in [-0.2, -0.15) is 0 Å². The number of thiazole rings is 1. The average Bonchev–Trinajstić information content (AvgIpc) is 4.11. The Labute approximate surface area is 426 Å². The summed E-state index contributed by atoms with van der Waals surface area (Å²) in [5.74, 6) is 0.699. The predicted octanol–water partition coefficient (Wildman–Crippen LogP) is 8.24. The summed E-state index contributed by atoms with van der Waals surface area (Å²) in [4.78, 5) is 72.6. The van der Waals surface area contributed by atoms with Crippen molar-refractivity contribution in [1.29, 1.82) is 0 Å². The number of likely N-dealkylation sites (tertiary alicyclic amines) is 1. The Bertz CT molecular complexity index is 2940. The third-order valence-corrected chi connectivity index (χ3v) is 15.2. The van der Waals surface area contributed by atoms with Gasteiger partial charge in [0, 0.05) is 33.6 Å². The highest BCUT2D eigenvalue weighted by atomic mass is 35.5. The van der Waals surface area contributed by atoms with Crippen molar-refractivity contribution in [3.63, 3.8) is 0 Å². The number of ether oxygens (including phenoxy) is 2. The normalized spacial score (nSPS) is 17.3. The molecule has 6 heterocycles. The first-order valence-electron chi connectivity index (χ1n) is 23.6. The number of aliphatic imine (C=N–C) groups is 1. The number of fused-ring (bicyclic) bond motifs is 3. The van der Waals surface area contributed by atoms with Gasteiger partial charge >= 0.3 is 0 Å². The highest BCUT2D eigenvalue weighted by Gasteiger charge is 2.44. The minimum absolute atomic E-state index is 0.0325. The number of halogens is 1. The smallest absolute Gasteiger partial charge is 0.258 e. The highest BCUT2D eigenvalue weighted by molar-refractivity contribution is 7.15. The molecule has 3 N–H and O–H groups in total. The van der Waals surface area contributed by atoms with Gasteiger partial charge in [0.25, 0.3) is 5.91 Å². The number of thiophene rings is 1. The van der Waals surface area contributed by atoms with E-state index >= 15 is 0 Å². The number of pyridine rings is 1. The number of amides is 4. The van der Waals surface area contributed by atoms with Crippen molar-refractivity contribution in [3.05, 3.63) is 122 Å². The molecule has 4 amide bonds. The van der Waals surface area contributed by atoms with Crippen LogP contribution in [-0.2, 0) is 19.2 Å². The number of aryl methyl sites for hydroxylation is 3. The maximum atomic E-state index is 14.3. The molecule has 2 aliphatic rings. The number of nitrogens with one attached hydrogen (secondary N) is 3. The Balaban J connectivity index is 0.815. The van der Waals surface area contributed by atoms with Crippen LogP contribution in [0.15, 0.2) is 77.4 Å². The molecule has 8 rings (SSSR count). The molecule has 1 saturated heterocycles. The highest BCUT2D eigenvalue weighted by Crippen LogP contribution is 2.40. The van der Waals surface area contributed by atoms with Gasteiger partial charge in [0.1, 0.15) is 41.3 Å². The number of nitrogens with zero attached hydrogens (tertiary/aromatic N) is 7. The van der Waals surface area contributed by atoms with Gasteiger partial charge in [-0.25, -0.2) is 9.97 Å². The van der Waals surface area contributed by atoms with Gasteiger partial charge in [-0.1, -0.05) is 75.7 Å². The molecule has 71 heavy (non-hydrogen) atoms. The summed E-state index contributed by atoms with van der Waals surface area (Å²) in [7, 11) is 0. The minimum atomic E-state index is -0.923. The van der Waals surface area contributed by atoms with Crippen LogP contribution in [-0.4, -0.2) is 97.4 Å². The molecular formula is C52H59ClN10O6S2. The molecule has 6 aromatic rings. The van der Waals surface area contributed by atoms with E-state index < -0.39 is 29.4 Å². The standard InChI is InChI=1S/C52H59ClN10O6S2/c1-28-22-40(49(66)57-30(3)34-10-12-36(13-11-34)46-31(4)56-27-70-46)62(25-28)50(67)47(52(7,8)9)59-42(65)26-69-38-18-19-43(55-24-38)68-21-20-54-41(64)23-39-48-61-60-33(6)63(48)51-44(29(2)32(5)71-51)45(58-39)35-14-16-37(53)17-15-35/h10-19,24,27-28,30,39-40,47H,20-23,25-26H2,1-9H3,(H,54,64)(H,57,66)(H,59,65)/t28-,30+,39+,40+,47-/m1/s1. The van der Waals surface area contributed by atoms with Crippen molar-refractivity contribution in [2.75, 3.05) is 26.3 Å². The fourth-order valence-electron chi connectivity index (χ4n) is 8.86. The lowest BCUT2D eigenvalue weighted by molar-refractivity contribution is -0.144. The topological polar surface area (TPSA) is 195 Å². The summed E-state index contributed by atoms with van der Waals surface area (Å²) in [5.41, 5.74) is 7.89. The van der Waals surface area contributed by atoms with Gasteiger partial charge in [0.2, 0.25) is 23.6 Å². The van der Waals surface area contributed by atoms with Crippen molar-refractivity contribution in [1.82, 2.24) is 45.6 Å². The van der Waals surface area contributed by atoms with Gasteiger partial charge in [-0.15, -0.1) is 32.9 Å². The van der Waals surface area contributed by atoms with Gasteiger partial charge in [-0.05, 0) is 87.3 Å². The maximum Gasteiger partial charge on any atom is 0.258 e. The van der Waals surface area contributed by atoms with Gasteiger partial charge in [-0.3, -0.25) is 28.7 Å². The molecule has 5 atom stereocenters. The Hall–Kier alpha value is -6.50. The molecular weight excluding hydrogens is 960 g/mol. The number of hydrogen-bond acceptors (Lipinski definition) is 13. The van der Waals surface area contributed by atoms with E-state index in [2.05, 4.69) is 50.0 Å². The number of benzene rings is 2. The number of rotatable bonds is 16. The van der Waals surface area contributed by atoms with E-state index in [4.69, 9.17) is 26.1 Å². The molecule has 2 aromatic carbocycles.